The molecule has 0 saturated carbocycles. The van der Waals surface area contributed by atoms with Crippen LogP contribution in [0.3, 0.4) is 0 Å². The minimum atomic E-state index is -2.89. The molecule has 0 heterocycles. The molecule has 10 heavy (non-hydrogen) atoms. The van der Waals surface area contributed by atoms with E-state index in [0.29, 0.717) is 5.92 Å². The molecule has 0 aromatic rings. The minimum absolute atomic E-state index is 0.264. The van der Waals surface area contributed by atoms with Crippen molar-refractivity contribution >= 4 is 20.0 Å². The second kappa shape index (κ2) is 4.26. The van der Waals surface area contributed by atoms with Gasteiger partial charge in [0.1, 0.15) is 8.77 Å². The first-order valence-electron chi connectivity index (χ1n) is 3.37. The summed E-state index contributed by atoms with van der Waals surface area (Å²) in [5.74, 6) is 0.859. The van der Waals surface area contributed by atoms with Crippen LogP contribution < -0.4 is 0 Å². The molecule has 0 aliphatic rings. The van der Waals surface area contributed by atoms with Crippen molar-refractivity contribution in [3.8, 4) is 0 Å². The van der Waals surface area contributed by atoms with Gasteiger partial charge in [-0.3, -0.25) is 0 Å². The van der Waals surface area contributed by atoms with E-state index in [4.69, 9.17) is 4.55 Å². The second-order valence-corrected chi connectivity index (χ2v) is 5.96. The summed E-state index contributed by atoms with van der Waals surface area (Å²) in [4.78, 5) is 0. The maximum atomic E-state index is 10.5. The van der Waals surface area contributed by atoms with E-state index in [9.17, 15) is 4.21 Å². The van der Waals surface area contributed by atoms with Gasteiger partial charge in [-0.25, -0.2) is 4.21 Å². The van der Waals surface area contributed by atoms with E-state index < -0.39 is 8.77 Å². The molecule has 62 valence electrons. The largest absolute Gasteiger partial charge is 0.306 e. The molecule has 0 fully saturated rings. The van der Waals surface area contributed by atoms with E-state index in [-0.39, 0.29) is 5.75 Å². The van der Waals surface area contributed by atoms with Gasteiger partial charge >= 0.3 is 0 Å². The van der Waals surface area contributed by atoms with Gasteiger partial charge in [0.05, 0.1) is 0 Å². The highest BCUT2D eigenvalue weighted by molar-refractivity contribution is 8.29. The lowest BCUT2D eigenvalue weighted by molar-refractivity contribution is 0.541. The zero-order valence-corrected chi connectivity index (χ0v) is 8.00. The van der Waals surface area contributed by atoms with Gasteiger partial charge in [0, 0.05) is 16.9 Å². The van der Waals surface area contributed by atoms with E-state index in [0.717, 1.165) is 12.8 Å². The van der Waals surface area contributed by atoms with Crippen LogP contribution in [0.25, 0.3) is 0 Å². The summed E-state index contributed by atoms with van der Waals surface area (Å²) in [6.45, 7) is 4.17. The molecular weight excluding hydrogens is 168 g/mol. The van der Waals surface area contributed by atoms with E-state index in [2.05, 4.69) is 25.0 Å². The third-order valence-electron chi connectivity index (χ3n) is 1.18. The lowest BCUT2D eigenvalue weighted by Crippen LogP contribution is -2.03. The molecule has 0 aromatic heterocycles. The van der Waals surface area contributed by atoms with Gasteiger partial charge in [0.15, 0.2) is 0 Å². The molecule has 0 radical (unpaired) electrons. The molecule has 2 nitrogen and oxygen atoms in total. The summed E-state index contributed by atoms with van der Waals surface area (Å²) in [6, 6.07) is 0. The van der Waals surface area contributed by atoms with Crippen molar-refractivity contribution < 1.29 is 8.76 Å². The lowest BCUT2D eigenvalue weighted by Gasteiger charge is -2.02. The number of rotatable bonds is 4. The zero-order chi connectivity index (χ0) is 8.20. The summed E-state index contributed by atoms with van der Waals surface area (Å²) in [5, 5.41) is 0. The average molecular weight is 182 g/mol. The van der Waals surface area contributed by atoms with Gasteiger partial charge < -0.3 is 4.55 Å². The SMILES string of the molecule is CC(C)CCCS(=O)(O)=S. The van der Waals surface area contributed by atoms with Crippen LogP contribution in [-0.4, -0.2) is 14.5 Å². The summed E-state index contributed by atoms with van der Waals surface area (Å²) in [5.41, 5.74) is 0. The molecule has 1 N–H and O–H groups in total. The van der Waals surface area contributed by atoms with E-state index in [1.54, 1.807) is 0 Å². The van der Waals surface area contributed by atoms with Crippen molar-refractivity contribution in [1.29, 1.82) is 0 Å². The van der Waals surface area contributed by atoms with Gasteiger partial charge in [-0.1, -0.05) is 20.3 Å². The highest BCUT2D eigenvalue weighted by Gasteiger charge is 2.00. The Kier molecular flexibility index (Phi) is 4.40. The minimum Gasteiger partial charge on any atom is -0.306 e. The Bertz CT molecular complexity index is 170. The van der Waals surface area contributed by atoms with Crippen molar-refractivity contribution in [2.24, 2.45) is 5.92 Å². The summed E-state index contributed by atoms with van der Waals surface area (Å²) >= 11 is 4.32. The first-order valence-corrected chi connectivity index (χ1v) is 5.98. The van der Waals surface area contributed by atoms with Gasteiger partial charge in [-0.05, 0) is 12.3 Å². The van der Waals surface area contributed by atoms with Crippen LogP contribution in [0.5, 0.6) is 0 Å². The topological polar surface area (TPSA) is 37.3 Å². The summed E-state index contributed by atoms with van der Waals surface area (Å²) in [6.07, 6.45) is 1.74. The normalized spacial score (nSPS) is 17.2. The van der Waals surface area contributed by atoms with Crippen LogP contribution in [-0.2, 0) is 20.0 Å². The average Bonchev–Trinajstić information content (AvgIpc) is 1.59. The van der Waals surface area contributed by atoms with E-state index >= 15 is 0 Å². The molecule has 0 saturated heterocycles. The first kappa shape index (κ1) is 10.3. The van der Waals surface area contributed by atoms with E-state index in [1.807, 2.05) is 0 Å². The fraction of sp³-hybridized carbons (Fsp3) is 1.00. The van der Waals surface area contributed by atoms with Crippen LogP contribution in [0.4, 0.5) is 0 Å². The van der Waals surface area contributed by atoms with Gasteiger partial charge in [0.25, 0.3) is 0 Å². The third kappa shape index (κ3) is 8.33. The molecule has 0 amide bonds. The molecule has 0 rings (SSSR count). The van der Waals surface area contributed by atoms with Crippen LogP contribution >= 0.6 is 0 Å². The second-order valence-electron chi connectivity index (χ2n) is 2.82. The van der Waals surface area contributed by atoms with Crippen LogP contribution in [0.2, 0.25) is 0 Å². The number of hydrogen-bond acceptors (Lipinski definition) is 2. The fourth-order valence-electron chi connectivity index (χ4n) is 0.674. The van der Waals surface area contributed by atoms with Crippen LogP contribution in [0, 0.1) is 5.92 Å². The molecule has 0 aliphatic carbocycles. The number of hydrogen-bond donors (Lipinski definition) is 1. The smallest absolute Gasteiger partial charge is 0.141 e. The van der Waals surface area contributed by atoms with Crippen LogP contribution in [0.1, 0.15) is 26.7 Å². The Balaban J connectivity index is 3.39. The van der Waals surface area contributed by atoms with Crippen molar-refractivity contribution in [1.82, 2.24) is 0 Å². The predicted octanol–water partition coefficient (Wildman–Crippen LogP) is 1.64. The van der Waals surface area contributed by atoms with Gasteiger partial charge in [-0.15, -0.1) is 0 Å². The van der Waals surface area contributed by atoms with Crippen molar-refractivity contribution in [2.45, 2.75) is 26.7 Å². The zero-order valence-electron chi connectivity index (χ0n) is 6.37. The summed E-state index contributed by atoms with van der Waals surface area (Å²) in [7, 11) is -2.89. The Morgan fingerprint density at radius 1 is 1.60 bits per heavy atom. The molecule has 0 spiro atoms. The quantitative estimate of drug-likeness (QED) is 0.718. The molecule has 0 bridgehead atoms. The molecule has 0 aliphatic heterocycles. The van der Waals surface area contributed by atoms with Gasteiger partial charge in [-0.2, -0.15) is 0 Å². The fourth-order valence-corrected chi connectivity index (χ4v) is 1.56. The monoisotopic (exact) mass is 182 g/mol. The highest BCUT2D eigenvalue weighted by atomic mass is 32.8. The standard InChI is InChI=1S/C6H14O2S2/c1-6(2)4-3-5-10(7,8)9/h6H,3-5H2,1-2H3,(H,7,8,9). The maximum Gasteiger partial charge on any atom is 0.141 e. The Morgan fingerprint density at radius 2 is 2.10 bits per heavy atom. The third-order valence-corrected chi connectivity index (χ3v) is 2.49. The van der Waals surface area contributed by atoms with Crippen molar-refractivity contribution in [2.75, 3.05) is 5.75 Å². The molecular formula is C6H14O2S2. The van der Waals surface area contributed by atoms with Crippen molar-refractivity contribution in [3.05, 3.63) is 0 Å². The molecule has 1 unspecified atom stereocenters. The van der Waals surface area contributed by atoms with Crippen LogP contribution in [0.15, 0.2) is 0 Å². The molecule has 4 heteroatoms. The first-order chi connectivity index (χ1) is 4.42. The lowest BCUT2D eigenvalue weighted by atomic mass is 10.1. The van der Waals surface area contributed by atoms with Gasteiger partial charge in [0.2, 0.25) is 0 Å². The maximum absolute atomic E-state index is 10.5. The molecule has 1 atom stereocenters. The Hall–Kier alpha value is 0.330. The summed E-state index contributed by atoms with van der Waals surface area (Å²) < 4.78 is 19.2. The van der Waals surface area contributed by atoms with Crippen molar-refractivity contribution in [3.63, 3.8) is 0 Å². The Morgan fingerprint density at radius 3 is 2.40 bits per heavy atom. The Labute approximate surface area is 67.5 Å². The van der Waals surface area contributed by atoms with E-state index in [1.165, 1.54) is 0 Å². The highest BCUT2D eigenvalue weighted by Crippen LogP contribution is 2.04. The predicted molar refractivity (Wildman–Crippen MR) is 47.1 cm³/mol. The molecule has 0 aromatic carbocycles.